The summed E-state index contributed by atoms with van der Waals surface area (Å²) in [7, 11) is 4.75. The molecule has 33 heavy (non-hydrogen) atoms. The molecular weight excluding hydrogens is 424 g/mol. The van der Waals surface area contributed by atoms with Crippen molar-refractivity contribution in [2.24, 2.45) is 5.92 Å². The summed E-state index contributed by atoms with van der Waals surface area (Å²) in [6, 6.07) is 13.0. The van der Waals surface area contributed by atoms with Crippen LogP contribution in [0.4, 0.5) is 0 Å². The SMILES string of the molecule is COCOc1ccc(C(=O)[C@H]2CCCCC[C@H]2c2cc(OCOC)ccc2OCOC)cc1. The van der Waals surface area contributed by atoms with Gasteiger partial charge in [-0.1, -0.05) is 19.3 Å². The molecule has 7 heteroatoms. The Morgan fingerprint density at radius 1 is 0.758 bits per heavy atom. The Balaban J connectivity index is 1.90. The lowest BCUT2D eigenvalue weighted by molar-refractivity contribution is 0.0472. The summed E-state index contributed by atoms with van der Waals surface area (Å²) in [5.41, 5.74) is 1.66. The number of carbonyl (C=O) groups is 1. The van der Waals surface area contributed by atoms with Crippen LogP contribution in [0.3, 0.4) is 0 Å². The average molecular weight is 459 g/mol. The molecule has 1 fully saturated rings. The van der Waals surface area contributed by atoms with Crippen molar-refractivity contribution in [3.8, 4) is 17.2 Å². The van der Waals surface area contributed by atoms with Gasteiger partial charge in [-0.25, -0.2) is 0 Å². The highest BCUT2D eigenvalue weighted by molar-refractivity contribution is 5.98. The van der Waals surface area contributed by atoms with E-state index in [1.165, 1.54) is 0 Å². The zero-order valence-corrected chi connectivity index (χ0v) is 19.7. The lowest BCUT2D eigenvalue weighted by atomic mass is 9.78. The van der Waals surface area contributed by atoms with E-state index < -0.39 is 0 Å². The fraction of sp³-hybridized carbons (Fsp3) is 0.500. The molecule has 180 valence electrons. The molecule has 2 atom stereocenters. The number of hydrogen-bond donors (Lipinski definition) is 0. The van der Waals surface area contributed by atoms with Crippen LogP contribution in [-0.4, -0.2) is 47.5 Å². The molecule has 1 aliphatic rings. The molecule has 1 aliphatic carbocycles. The second-order valence-corrected chi connectivity index (χ2v) is 8.09. The molecule has 0 saturated heterocycles. The summed E-state index contributed by atoms with van der Waals surface area (Å²) < 4.78 is 32.1. The third-order valence-electron chi connectivity index (χ3n) is 5.89. The van der Waals surface area contributed by atoms with E-state index in [1.54, 1.807) is 21.3 Å². The van der Waals surface area contributed by atoms with Crippen LogP contribution < -0.4 is 14.2 Å². The predicted molar refractivity (Wildman–Crippen MR) is 124 cm³/mol. The molecule has 0 spiro atoms. The minimum absolute atomic E-state index is 0.0161. The fourth-order valence-electron chi connectivity index (χ4n) is 4.34. The minimum Gasteiger partial charge on any atom is -0.468 e. The van der Waals surface area contributed by atoms with Crippen molar-refractivity contribution in [2.45, 2.75) is 38.0 Å². The van der Waals surface area contributed by atoms with Gasteiger partial charge < -0.3 is 28.4 Å². The Hall–Kier alpha value is -2.61. The molecule has 1 saturated carbocycles. The van der Waals surface area contributed by atoms with Crippen molar-refractivity contribution in [2.75, 3.05) is 41.7 Å². The standard InChI is InChI=1S/C26H34O7/c1-28-16-31-20-11-9-19(10-12-20)26(27)23-8-6-4-5-7-22(23)24-15-21(32-17-29-2)13-14-25(24)33-18-30-3/h9-15,22-23H,4-8,16-18H2,1-3H3/t22-,23+/m1/s1. The third-order valence-corrected chi connectivity index (χ3v) is 5.89. The van der Waals surface area contributed by atoms with Gasteiger partial charge in [0, 0.05) is 38.4 Å². The quantitative estimate of drug-likeness (QED) is 0.246. The van der Waals surface area contributed by atoms with Crippen molar-refractivity contribution in [1.82, 2.24) is 0 Å². The highest BCUT2D eigenvalue weighted by Gasteiger charge is 2.33. The number of carbonyl (C=O) groups excluding carboxylic acids is 1. The number of rotatable bonds is 12. The normalized spacial score (nSPS) is 18.4. The van der Waals surface area contributed by atoms with E-state index >= 15 is 0 Å². The second-order valence-electron chi connectivity index (χ2n) is 8.09. The molecule has 0 aliphatic heterocycles. The van der Waals surface area contributed by atoms with Crippen LogP contribution in [0.2, 0.25) is 0 Å². The van der Waals surface area contributed by atoms with Crippen LogP contribution in [-0.2, 0) is 14.2 Å². The van der Waals surface area contributed by atoms with Crippen LogP contribution in [0, 0.1) is 5.92 Å². The monoisotopic (exact) mass is 458 g/mol. The van der Waals surface area contributed by atoms with E-state index in [0.717, 1.165) is 43.4 Å². The molecule has 0 amide bonds. The molecule has 2 aromatic rings. The van der Waals surface area contributed by atoms with Crippen molar-refractivity contribution in [1.29, 1.82) is 0 Å². The van der Waals surface area contributed by atoms with Gasteiger partial charge in [-0.2, -0.15) is 0 Å². The van der Waals surface area contributed by atoms with Gasteiger partial charge in [0.15, 0.2) is 26.2 Å². The summed E-state index contributed by atoms with van der Waals surface area (Å²) in [5, 5.41) is 0. The van der Waals surface area contributed by atoms with Gasteiger partial charge in [0.05, 0.1) is 0 Å². The fourth-order valence-corrected chi connectivity index (χ4v) is 4.34. The van der Waals surface area contributed by atoms with Gasteiger partial charge in [0.1, 0.15) is 17.2 Å². The molecule has 7 nitrogen and oxygen atoms in total. The molecule has 0 unspecified atom stereocenters. The molecule has 2 aromatic carbocycles. The van der Waals surface area contributed by atoms with E-state index in [9.17, 15) is 4.79 Å². The zero-order valence-electron chi connectivity index (χ0n) is 19.7. The maximum atomic E-state index is 13.7. The van der Waals surface area contributed by atoms with Gasteiger partial charge in [-0.05, 0) is 61.2 Å². The largest absolute Gasteiger partial charge is 0.468 e. The van der Waals surface area contributed by atoms with Gasteiger partial charge in [-0.15, -0.1) is 0 Å². The van der Waals surface area contributed by atoms with Gasteiger partial charge >= 0.3 is 0 Å². The summed E-state index contributed by atoms with van der Waals surface area (Å²) in [6.07, 6.45) is 4.93. The van der Waals surface area contributed by atoms with E-state index in [-0.39, 0.29) is 38.0 Å². The summed E-state index contributed by atoms with van der Waals surface area (Å²) >= 11 is 0. The van der Waals surface area contributed by atoms with Gasteiger partial charge in [0.2, 0.25) is 0 Å². The highest BCUT2D eigenvalue weighted by Crippen LogP contribution is 2.43. The van der Waals surface area contributed by atoms with Crippen molar-refractivity contribution in [3.05, 3.63) is 53.6 Å². The topological polar surface area (TPSA) is 72.5 Å². The van der Waals surface area contributed by atoms with E-state index in [4.69, 9.17) is 28.4 Å². The zero-order chi connectivity index (χ0) is 23.5. The molecule has 0 heterocycles. The molecule has 0 aromatic heterocycles. The number of methoxy groups -OCH3 is 3. The number of ketones is 1. The minimum atomic E-state index is -0.152. The first-order valence-electron chi connectivity index (χ1n) is 11.3. The predicted octanol–water partition coefficient (Wildman–Crippen LogP) is 5.18. The first kappa shape index (κ1) is 25.0. The van der Waals surface area contributed by atoms with Crippen molar-refractivity contribution in [3.63, 3.8) is 0 Å². The van der Waals surface area contributed by atoms with Gasteiger partial charge in [0.25, 0.3) is 0 Å². The molecule has 0 radical (unpaired) electrons. The van der Waals surface area contributed by atoms with Gasteiger partial charge in [-0.3, -0.25) is 4.79 Å². The van der Waals surface area contributed by atoms with E-state index in [2.05, 4.69) is 0 Å². The Bertz CT molecular complexity index is 865. The lowest BCUT2D eigenvalue weighted by Crippen LogP contribution is -2.23. The Kier molecular flexibility index (Phi) is 10.00. The van der Waals surface area contributed by atoms with Crippen LogP contribution in [0.25, 0.3) is 0 Å². The lowest BCUT2D eigenvalue weighted by Gasteiger charge is -2.27. The second kappa shape index (κ2) is 13.2. The van der Waals surface area contributed by atoms with Crippen molar-refractivity contribution < 1.29 is 33.2 Å². The maximum absolute atomic E-state index is 13.7. The first-order valence-corrected chi connectivity index (χ1v) is 11.3. The number of benzene rings is 2. The van der Waals surface area contributed by atoms with Crippen LogP contribution in [0.5, 0.6) is 17.2 Å². The molecule has 0 bridgehead atoms. The molecule has 0 N–H and O–H groups in total. The first-order chi connectivity index (χ1) is 16.2. The van der Waals surface area contributed by atoms with Crippen LogP contribution >= 0.6 is 0 Å². The summed E-state index contributed by atoms with van der Waals surface area (Å²) in [4.78, 5) is 13.7. The van der Waals surface area contributed by atoms with Crippen LogP contribution in [0.1, 0.15) is 53.9 Å². The highest BCUT2D eigenvalue weighted by atomic mass is 16.7. The maximum Gasteiger partial charge on any atom is 0.188 e. The smallest absolute Gasteiger partial charge is 0.188 e. The number of Topliss-reactive ketones (excluding diaryl/α,β-unsaturated/α-hetero) is 1. The average Bonchev–Trinajstić information content (AvgIpc) is 3.11. The Morgan fingerprint density at radius 3 is 2.06 bits per heavy atom. The number of hydrogen-bond acceptors (Lipinski definition) is 7. The van der Waals surface area contributed by atoms with E-state index in [0.29, 0.717) is 17.1 Å². The van der Waals surface area contributed by atoms with E-state index in [1.807, 2.05) is 42.5 Å². The Labute approximate surface area is 195 Å². The Morgan fingerprint density at radius 2 is 1.36 bits per heavy atom. The molecular formula is C26H34O7. The van der Waals surface area contributed by atoms with Crippen LogP contribution in [0.15, 0.2) is 42.5 Å². The number of ether oxygens (including phenoxy) is 6. The molecule has 3 rings (SSSR count). The summed E-state index contributed by atoms with van der Waals surface area (Å²) in [5.74, 6) is 2.08. The third kappa shape index (κ3) is 6.93. The van der Waals surface area contributed by atoms with Crippen molar-refractivity contribution >= 4 is 5.78 Å². The summed E-state index contributed by atoms with van der Waals surface area (Å²) in [6.45, 7) is 0.464.